The molecule has 0 saturated heterocycles. The van der Waals surface area contributed by atoms with Crippen LogP contribution in [0.2, 0.25) is 0 Å². The lowest BCUT2D eigenvalue weighted by molar-refractivity contribution is -0.175. The third-order valence-corrected chi connectivity index (χ3v) is 8.96. The van der Waals surface area contributed by atoms with Gasteiger partial charge < -0.3 is 30.9 Å². The number of methoxy groups -OCH3 is 1. The zero-order valence-electron chi connectivity index (χ0n) is 24.0. The first-order valence-corrected chi connectivity index (χ1v) is 13.9. The number of phenolic OH excluding ortho intramolecular Hbond substituents is 1. The maximum absolute atomic E-state index is 14.0. The van der Waals surface area contributed by atoms with Gasteiger partial charge in [-0.05, 0) is 48.1 Å². The molecule has 5 atom stereocenters. The molecule has 2 aromatic rings. The molecule has 43 heavy (non-hydrogen) atoms. The van der Waals surface area contributed by atoms with Gasteiger partial charge in [-0.1, -0.05) is 12.1 Å². The molecule has 2 fully saturated rings. The minimum atomic E-state index is -2.69. The highest BCUT2D eigenvalue weighted by molar-refractivity contribution is 6.31. The van der Waals surface area contributed by atoms with Gasteiger partial charge in [0.15, 0.2) is 34.7 Å². The van der Waals surface area contributed by atoms with Gasteiger partial charge in [0, 0.05) is 50.8 Å². The first kappa shape index (κ1) is 30.1. The Labute approximate surface area is 247 Å². The summed E-state index contributed by atoms with van der Waals surface area (Å²) >= 11 is 0. The van der Waals surface area contributed by atoms with Crippen LogP contribution in [0.3, 0.4) is 0 Å². The van der Waals surface area contributed by atoms with Crippen molar-refractivity contribution in [3.63, 3.8) is 0 Å². The van der Waals surface area contributed by atoms with E-state index < -0.39 is 64.3 Å². The fraction of sp³-hybridized carbons (Fsp3) is 0.419. The van der Waals surface area contributed by atoms with Gasteiger partial charge in [-0.2, -0.15) is 0 Å². The van der Waals surface area contributed by atoms with Crippen molar-refractivity contribution in [3.05, 3.63) is 58.1 Å². The van der Waals surface area contributed by atoms with Crippen molar-refractivity contribution in [1.29, 1.82) is 0 Å². The normalized spacial score (nSPS) is 26.3. The summed E-state index contributed by atoms with van der Waals surface area (Å²) < 4.78 is 4.71. The Hall–Kier alpha value is -4.42. The summed E-state index contributed by atoms with van der Waals surface area (Å²) in [6.07, 6.45) is -0.145. The summed E-state index contributed by atoms with van der Waals surface area (Å²) in [5.74, 6) is -10.9. The molecule has 0 radical (unpaired) electrons. The number of nitrogens with zero attached hydrogens (tertiary/aromatic N) is 1. The summed E-state index contributed by atoms with van der Waals surface area (Å²) in [5.41, 5.74) is 5.38. The molecular formula is C31H33N3O9. The number of carbonyl (C=O) groups is 6. The molecule has 0 bridgehead atoms. The summed E-state index contributed by atoms with van der Waals surface area (Å²) in [4.78, 5) is 78.8. The lowest BCUT2D eigenvalue weighted by atomic mass is 9.53. The molecule has 12 heteroatoms. The highest BCUT2D eigenvalue weighted by Gasteiger charge is 2.66. The van der Waals surface area contributed by atoms with Crippen molar-refractivity contribution in [1.82, 2.24) is 5.32 Å². The number of hydrogen-bond donors (Lipinski definition) is 4. The number of anilines is 1. The Balaban J connectivity index is 1.45. The van der Waals surface area contributed by atoms with Crippen LogP contribution in [0.25, 0.3) is 0 Å². The number of Topliss-reactive ketones (excluding diaryl/α,β-unsaturated/α-hetero) is 4. The monoisotopic (exact) mass is 591 g/mol. The Morgan fingerprint density at radius 2 is 1.74 bits per heavy atom. The van der Waals surface area contributed by atoms with Crippen molar-refractivity contribution in [2.75, 3.05) is 26.1 Å². The Morgan fingerprint density at radius 1 is 1.07 bits per heavy atom. The number of ether oxygens (including phenoxy) is 1. The van der Waals surface area contributed by atoms with E-state index in [1.807, 2.05) is 0 Å². The lowest BCUT2D eigenvalue weighted by Gasteiger charge is -2.48. The summed E-state index contributed by atoms with van der Waals surface area (Å²) in [6, 6.07) is 8.56. The van der Waals surface area contributed by atoms with Crippen LogP contribution in [0, 0.1) is 23.7 Å². The third-order valence-electron chi connectivity index (χ3n) is 8.96. The van der Waals surface area contributed by atoms with Gasteiger partial charge in [-0.25, -0.2) is 4.79 Å². The largest absolute Gasteiger partial charge is 0.507 e. The van der Waals surface area contributed by atoms with E-state index in [-0.39, 0.29) is 37.1 Å². The zero-order chi connectivity index (χ0) is 31.4. The number of phenols is 1. The first-order chi connectivity index (χ1) is 20.3. The van der Waals surface area contributed by atoms with E-state index in [9.17, 15) is 39.0 Å². The van der Waals surface area contributed by atoms with Crippen LogP contribution in [0.4, 0.5) is 5.69 Å². The minimum absolute atomic E-state index is 0.0345. The van der Waals surface area contributed by atoms with Crippen molar-refractivity contribution in [3.8, 4) is 5.75 Å². The predicted octanol–water partition coefficient (Wildman–Crippen LogP) is 0.469. The van der Waals surface area contributed by atoms with Gasteiger partial charge in [0.1, 0.15) is 5.75 Å². The Bertz CT molecular complexity index is 1570. The van der Waals surface area contributed by atoms with Gasteiger partial charge in [0.2, 0.25) is 5.91 Å². The fourth-order valence-electron chi connectivity index (χ4n) is 6.82. The Kier molecular flexibility index (Phi) is 7.69. The van der Waals surface area contributed by atoms with E-state index in [1.165, 1.54) is 7.11 Å². The number of aromatic hydroxyl groups is 1. The molecular weight excluding hydrogens is 558 g/mol. The van der Waals surface area contributed by atoms with Crippen molar-refractivity contribution < 1.29 is 43.7 Å². The molecule has 2 saturated carbocycles. The summed E-state index contributed by atoms with van der Waals surface area (Å²) in [5, 5.41) is 25.9. The molecule has 3 aliphatic rings. The number of rotatable bonds is 7. The molecule has 0 spiro atoms. The van der Waals surface area contributed by atoms with E-state index >= 15 is 0 Å². The average molecular weight is 592 g/mol. The maximum Gasteiger partial charge on any atom is 0.337 e. The fourth-order valence-corrected chi connectivity index (χ4v) is 6.82. The number of esters is 1. The molecule has 5 rings (SSSR count). The van der Waals surface area contributed by atoms with Crippen LogP contribution in [0.15, 0.2) is 30.3 Å². The highest BCUT2D eigenvalue weighted by Crippen LogP contribution is 2.51. The molecule has 0 heterocycles. The second-order valence-corrected chi connectivity index (χ2v) is 11.7. The number of primary amides is 1. The van der Waals surface area contributed by atoms with Crippen LogP contribution in [0.1, 0.15) is 50.2 Å². The highest BCUT2D eigenvalue weighted by atomic mass is 16.5. The van der Waals surface area contributed by atoms with Gasteiger partial charge in [-0.15, -0.1) is 0 Å². The number of benzene rings is 2. The van der Waals surface area contributed by atoms with Crippen LogP contribution in [-0.4, -0.2) is 72.0 Å². The summed E-state index contributed by atoms with van der Waals surface area (Å²) in [6.45, 7) is 0.531. The number of nitrogens with two attached hydrogens (primary N) is 1. The molecule has 226 valence electrons. The van der Waals surface area contributed by atoms with Gasteiger partial charge in [0.05, 0.1) is 24.2 Å². The summed E-state index contributed by atoms with van der Waals surface area (Å²) in [7, 11) is 4.88. The van der Waals surface area contributed by atoms with E-state index in [0.717, 1.165) is 5.56 Å². The lowest BCUT2D eigenvalue weighted by Crippen LogP contribution is -2.68. The molecule has 0 aliphatic heterocycles. The van der Waals surface area contributed by atoms with Crippen LogP contribution < -0.4 is 16.0 Å². The molecule has 2 unspecified atom stereocenters. The second kappa shape index (κ2) is 11.0. The minimum Gasteiger partial charge on any atom is -0.507 e. The second-order valence-electron chi connectivity index (χ2n) is 11.7. The quantitative estimate of drug-likeness (QED) is 0.258. The molecule has 0 aromatic heterocycles. The first-order valence-electron chi connectivity index (χ1n) is 13.9. The number of fused-ring (bicyclic) bond motifs is 3. The number of aliphatic hydroxyl groups is 1. The number of hydrogen-bond acceptors (Lipinski definition) is 11. The van der Waals surface area contributed by atoms with E-state index in [0.29, 0.717) is 28.9 Å². The van der Waals surface area contributed by atoms with Crippen molar-refractivity contribution >= 4 is 40.7 Å². The topological polar surface area (TPSA) is 193 Å². The van der Waals surface area contributed by atoms with E-state index in [4.69, 9.17) is 10.5 Å². The van der Waals surface area contributed by atoms with Gasteiger partial charge >= 0.3 is 5.97 Å². The van der Waals surface area contributed by atoms with Gasteiger partial charge in [-0.3, -0.25) is 24.0 Å². The average Bonchev–Trinajstić information content (AvgIpc) is 2.95. The molecule has 3 aliphatic carbocycles. The molecule has 12 nitrogen and oxygen atoms in total. The smallest absolute Gasteiger partial charge is 0.337 e. The van der Waals surface area contributed by atoms with Crippen LogP contribution in [0.5, 0.6) is 5.75 Å². The molecule has 1 amide bonds. The van der Waals surface area contributed by atoms with Crippen molar-refractivity contribution in [2.45, 2.75) is 38.0 Å². The number of carbonyl (C=O) groups excluding carboxylic acids is 6. The van der Waals surface area contributed by atoms with Gasteiger partial charge in [0.25, 0.3) is 0 Å². The van der Waals surface area contributed by atoms with E-state index in [1.54, 1.807) is 49.3 Å². The number of nitrogens with one attached hydrogen (secondary N) is 1. The Morgan fingerprint density at radius 3 is 2.35 bits per heavy atom. The van der Waals surface area contributed by atoms with Crippen LogP contribution in [-0.2, 0) is 43.4 Å². The number of ketones is 4. The SMILES string of the molecule is COC(=O)c1ccc(CNCc2cc(N(C)C)c3c(c2O)C(=O)C2C(=O)[C@]4(O)C(=O)C(C(N)=O)C(=O)C[C@@H]4C[C@@H]2C3)cc1. The van der Waals surface area contributed by atoms with Crippen molar-refractivity contribution in [2.24, 2.45) is 29.4 Å². The molecule has 5 N–H and O–H groups in total. The maximum atomic E-state index is 14.0. The molecule has 2 aromatic carbocycles. The predicted molar refractivity (Wildman–Crippen MR) is 151 cm³/mol. The zero-order valence-corrected chi connectivity index (χ0v) is 24.0. The number of amides is 1. The standard InChI is InChI=1S/C31H33N3O9/c1-34(2)20-10-17(13-33-12-14-4-6-15(7-5-14)30(41)43-3)25(36)23-19(20)9-16-8-18-11-21(35)24(29(32)40)28(39)31(18,42)27(38)22(16)26(23)37/h4-7,10,16,18,22,24,33,36,42H,8-9,11-13H2,1-3H3,(H2,32,40)/t16-,18+,22?,24?,31+/m1/s1. The third kappa shape index (κ3) is 4.80. The van der Waals surface area contributed by atoms with Crippen LogP contribution >= 0.6 is 0 Å². The van der Waals surface area contributed by atoms with E-state index in [2.05, 4.69) is 5.32 Å².